The van der Waals surface area contributed by atoms with Crippen LogP contribution in [-0.4, -0.2) is 49.2 Å². The number of nitrogens with zero attached hydrogens (tertiary/aromatic N) is 1. The van der Waals surface area contributed by atoms with Crippen molar-refractivity contribution < 1.29 is 32.5 Å². The maximum absolute atomic E-state index is 13.1. The number of amides is 1. The molecule has 1 heterocycles. The van der Waals surface area contributed by atoms with Gasteiger partial charge in [0.2, 0.25) is 5.91 Å². The van der Waals surface area contributed by atoms with Gasteiger partial charge in [-0.25, -0.2) is 0 Å². The number of aliphatic hydroxyl groups is 1. The van der Waals surface area contributed by atoms with Gasteiger partial charge < -0.3 is 19.5 Å². The Labute approximate surface area is 162 Å². The molecule has 1 aromatic rings. The van der Waals surface area contributed by atoms with E-state index in [9.17, 15) is 23.1 Å². The Balaban J connectivity index is 1.61. The Morgan fingerprint density at radius 3 is 2.32 bits per heavy atom. The number of anilines is 1. The van der Waals surface area contributed by atoms with Crippen molar-refractivity contribution in [3.63, 3.8) is 0 Å². The quantitative estimate of drug-likeness (QED) is 0.790. The van der Waals surface area contributed by atoms with Gasteiger partial charge in [0.05, 0.1) is 17.6 Å². The molecule has 2 aliphatic rings. The molecule has 156 valence electrons. The van der Waals surface area contributed by atoms with Gasteiger partial charge in [0.25, 0.3) is 0 Å². The highest BCUT2D eigenvalue weighted by atomic mass is 19.4. The number of ether oxygens (including phenoxy) is 2. The van der Waals surface area contributed by atoms with E-state index < -0.39 is 23.8 Å². The van der Waals surface area contributed by atoms with Crippen LogP contribution in [0.25, 0.3) is 0 Å². The fourth-order valence-electron chi connectivity index (χ4n) is 4.05. The van der Waals surface area contributed by atoms with E-state index in [1.165, 1.54) is 12.1 Å². The lowest BCUT2D eigenvalue weighted by Gasteiger charge is -2.40. The van der Waals surface area contributed by atoms with Crippen molar-refractivity contribution in [2.75, 3.05) is 31.3 Å². The molecule has 2 fully saturated rings. The van der Waals surface area contributed by atoms with Crippen LogP contribution >= 0.6 is 0 Å². The van der Waals surface area contributed by atoms with E-state index in [1.54, 1.807) is 17.0 Å². The van der Waals surface area contributed by atoms with Crippen LogP contribution in [0.5, 0.6) is 5.75 Å². The van der Waals surface area contributed by atoms with Crippen LogP contribution in [0, 0.1) is 5.41 Å². The molecule has 5 nitrogen and oxygen atoms in total. The lowest BCUT2D eigenvalue weighted by molar-refractivity contribution is -0.153. The predicted octanol–water partition coefficient (Wildman–Crippen LogP) is 3.69. The van der Waals surface area contributed by atoms with Crippen LogP contribution in [0.4, 0.5) is 18.9 Å². The lowest BCUT2D eigenvalue weighted by atomic mass is 9.68. The van der Waals surface area contributed by atoms with E-state index in [1.807, 2.05) is 6.92 Å². The third kappa shape index (κ3) is 4.60. The lowest BCUT2D eigenvalue weighted by Crippen LogP contribution is -2.45. The Bertz CT molecular complexity index is 682. The zero-order chi connectivity index (χ0) is 20.4. The van der Waals surface area contributed by atoms with Crippen LogP contribution in [0.1, 0.15) is 39.0 Å². The van der Waals surface area contributed by atoms with Crippen LogP contribution < -0.4 is 9.64 Å². The minimum absolute atomic E-state index is 0.0231. The van der Waals surface area contributed by atoms with Gasteiger partial charge in [-0.1, -0.05) is 0 Å². The smallest absolute Gasteiger partial charge is 0.422 e. The predicted molar refractivity (Wildman–Crippen MR) is 97.3 cm³/mol. The van der Waals surface area contributed by atoms with Crippen LogP contribution in [-0.2, 0) is 9.53 Å². The summed E-state index contributed by atoms with van der Waals surface area (Å²) in [4.78, 5) is 14.8. The van der Waals surface area contributed by atoms with Gasteiger partial charge in [-0.05, 0) is 63.3 Å². The third-order valence-electron chi connectivity index (χ3n) is 5.78. The maximum Gasteiger partial charge on any atom is 0.422 e. The van der Waals surface area contributed by atoms with Crippen LogP contribution in [0.2, 0.25) is 0 Å². The summed E-state index contributed by atoms with van der Waals surface area (Å²) in [5.74, 6) is 0.135. The molecule has 1 N–H and O–H groups in total. The molecule has 1 amide bonds. The van der Waals surface area contributed by atoms with E-state index in [2.05, 4.69) is 0 Å². The largest absolute Gasteiger partial charge is 0.484 e. The van der Waals surface area contributed by atoms with Crippen LogP contribution in [0.15, 0.2) is 24.3 Å². The second kappa shape index (κ2) is 7.91. The summed E-state index contributed by atoms with van der Waals surface area (Å²) in [7, 11) is 0. The SMILES string of the molecule is CCOC[C@]1(O)CC[C@@]2(CCN(c3ccc(OCC(F)(F)F)cc3)C2=O)CC1. The maximum atomic E-state index is 13.1. The number of carbonyl (C=O) groups is 1. The van der Waals surface area contributed by atoms with Gasteiger partial charge in [0.1, 0.15) is 5.75 Å². The molecule has 1 saturated carbocycles. The fourth-order valence-corrected chi connectivity index (χ4v) is 4.05. The monoisotopic (exact) mass is 401 g/mol. The second-order valence-corrected chi connectivity index (χ2v) is 7.75. The fraction of sp³-hybridized carbons (Fsp3) is 0.650. The van der Waals surface area contributed by atoms with E-state index in [0.717, 1.165) is 0 Å². The molecule has 0 atom stereocenters. The number of benzene rings is 1. The summed E-state index contributed by atoms with van der Waals surface area (Å²) in [6.45, 7) is 1.93. The summed E-state index contributed by atoms with van der Waals surface area (Å²) in [5.41, 5.74) is -0.688. The molecule has 0 unspecified atom stereocenters. The van der Waals surface area contributed by atoms with Gasteiger partial charge in [-0.2, -0.15) is 13.2 Å². The van der Waals surface area contributed by atoms with Crippen molar-refractivity contribution >= 4 is 11.6 Å². The summed E-state index contributed by atoms with van der Waals surface area (Å²) >= 11 is 0. The first-order valence-corrected chi connectivity index (χ1v) is 9.58. The Hall–Kier alpha value is -1.80. The molecule has 0 radical (unpaired) electrons. The topological polar surface area (TPSA) is 59.0 Å². The normalized spacial score (nSPS) is 28.2. The molecule has 0 aromatic heterocycles. The summed E-state index contributed by atoms with van der Waals surface area (Å²) in [5, 5.41) is 10.6. The van der Waals surface area contributed by atoms with Crippen molar-refractivity contribution in [1.29, 1.82) is 0 Å². The van der Waals surface area contributed by atoms with Crippen molar-refractivity contribution in [3.8, 4) is 5.75 Å². The third-order valence-corrected chi connectivity index (χ3v) is 5.78. The molecule has 1 aromatic carbocycles. The standard InChI is InChI=1S/C20H26F3NO4/c1-2-27-13-19(26)9-7-18(8-10-19)11-12-24(17(18)25)15-3-5-16(6-4-15)28-14-20(21,22)23/h3-6,26H,2,7-14H2,1H3/t18-,19-. The van der Waals surface area contributed by atoms with Gasteiger partial charge >= 0.3 is 6.18 Å². The van der Waals surface area contributed by atoms with E-state index in [0.29, 0.717) is 50.9 Å². The molecular formula is C20H26F3NO4. The number of rotatable bonds is 6. The number of halogens is 3. The molecule has 3 rings (SSSR count). The first kappa shape index (κ1) is 20.9. The average Bonchev–Trinajstić information content (AvgIpc) is 2.98. The van der Waals surface area contributed by atoms with E-state index >= 15 is 0 Å². The molecule has 1 aliphatic heterocycles. The molecule has 1 saturated heterocycles. The Morgan fingerprint density at radius 1 is 1.11 bits per heavy atom. The van der Waals surface area contributed by atoms with E-state index in [4.69, 9.17) is 9.47 Å². The first-order valence-electron chi connectivity index (χ1n) is 9.58. The second-order valence-electron chi connectivity index (χ2n) is 7.75. The molecular weight excluding hydrogens is 375 g/mol. The number of carbonyl (C=O) groups excluding carboxylic acids is 1. The molecule has 1 spiro atoms. The zero-order valence-electron chi connectivity index (χ0n) is 15.9. The van der Waals surface area contributed by atoms with Crippen molar-refractivity contribution in [3.05, 3.63) is 24.3 Å². The minimum atomic E-state index is -4.39. The Kier molecular flexibility index (Phi) is 5.91. The Morgan fingerprint density at radius 2 is 1.75 bits per heavy atom. The highest BCUT2D eigenvalue weighted by molar-refractivity contribution is 6.00. The van der Waals surface area contributed by atoms with Gasteiger partial charge in [-0.15, -0.1) is 0 Å². The van der Waals surface area contributed by atoms with Crippen molar-refractivity contribution in [1.82, 2.24) is 0 Å². The number of hydrogen-bond acceptors (Lipinski definition) is 4. The molecule has 28 heavy (non-hydrogen) atoms. The van der Waals surface area contributed by atoms with E-state index in [-0.39, 0.29) is 18.3 Å². The number of alkyl halides is 3. The summed E-state index contributed by atoms with van der Waals surface area (Å²) < 4.78 is 46.8. The first-order chi connectivity index (χ1) is 13.2. The zero-order valence-corrected chi connectivity index (χ0v) is 15.9. The minimum Gasteiger partial charge on any atom is -0.484 e. The van der Waals surface area contributed by atoms with Gasteiger partial charge in [0, 0.05) is 18.8 Å². The highest BCUT2D eigenvalue weighted by Crippen LogP contribution is 2.48. The van der Waals surface area contributed by atoms with Crippen molar-refractivity contribution in [2.45, 2.75) is 50.8 Å². The number of hydrogen-bond donors (Lipinski definition) is 1. The average molecular weight is 401 g/mol. The van der Waals surface area contributed by atoms with Crippen LogP contribution in [0.3, 0.4) is 0 Å². The van der Waals surface area contributed by atoms with Crippen molar-refractivity contribution in [2.24, 2.45) is 5.41 Å². The summed E-state index contributed by atoms with van der Waals surface area (Å²) in [6.07, 6.45) is -1.41. The van der Waals surface area contributed by atoms with Gasteiger partial charge in [0.15, 0.2) is 6.61 Å². The molecule has 0 bridgehead atoms. The van der Waals surface area contributed by atoms with Gasteiger partial charge in [-0.3, -0.25) is 4.79 Å². The molecule has 1 aliphatic carbocycles. The summed E-state index contributed by atoms with van der Waals surface area (Å²) in [6, 6.07) is 6.11. The highest BCUT2D eigenvalue weighted by Gasteiger charge is 2.51. The molecule has 8 heteroatoms.